The van der Waals surface area contributed by atoms with E-state index < -0.39 is 35.1 Å². The molecule has 5 aliphatic rings. The van der Waals surface area contributed by atoms with Gasteiger partial charge in [0.25, 0.3) is 0 Å². The number of carbonyl (C=O) groups is 2. The fraction of sp³-hybridized carbons (Fsp3) is 0.600. The summed E-state index contributed by atoms with van der Waals surface area (Å²) in [7, 11) is 0. The van der Waals surface area contributed by atoms with Gasteiger partial charge >= 0.3 is 0 Å². The van der Waals surface area contributed by atoms with Crippen LogP contribution in [0.2, 0.25) is 5.02 Å². The van der Waals surface area contributed by atoms with Gasteiger partial charge in [0, 0.05) is 36.0 Å². The topological polar surface area (TPSA) is 77.8 Å². The van der Waals surface area contributed by atoms with Crippen molar-refractivity contribution in [2.75, 3.05) is 19.7 Å². The van der Waals surface area contributed by atoms with Gasteiger partial charge in [-0.15, -0.1) is 0 Å². The number of benzene rings is 1. The van der Waals surface area contributed by atoms with Crippen LogP contribution in [0.5, 0.6) is 0 Å². The first-order chi connectivity index (χ1) is 17.5. The average molecular weight is 528 g/mol. The summed E-state index contributed by atoms with van der Waals surface area (Å²) in [4.78, 5) is 28.0. The molecule has 1 heterocycles. The lowest BCUT2D eigenvalue weighted by atomic mass is 9.44. The van der Waals surface area contributed by atoms with Gasteiger partial charge in [-0.3, -0.25) is 14.5 Å². The van der Waals surface area contributed by atoms with E-state index in [1.807, 2.05) is 31.2 Å². The Morgan fingerprint density at radius 3 is 2.78 bits per heavy atom. The van der Waals surface area contributed by atoms with Crippen LogP contribution in [-0.2, 0) is 16.1 Å². The molecule has 0 bridgehead atoms. The number of alkyl halides is 1. The second kappa shape index (κ2) is 8.57. The van der Waals surface area contributed by atoms with Gasteiger partial charge in [-0.1, -0.05) is 43.7 Å². The van der Waals surface area contributed by atoms with Crippen molar-refractivity contribution in [3.8, 4) is 0 Å². The maximum absolute atomic E-state index is 15.7. The van der Waals surface area contributed by atoms with Crippen molar-refractivity contribution in [1.29, 1.82) is 0 Å². The zero-order chi connectivity index (χ0) is 26.3. The molecule has 0 amide bonds. The lowest BCUT2D eigenvalue weighted by Crippen LogP contribution is -2.61. The van der Waals surface area contributed by atoms with Gasteiger partial charge in [0.2, 0.25) is 0 Å². The number of hydrogen-bond donors (Lipinski definition) is 2. The third kappa shape index (κ3) is 3.45. The van der Waals surface area contributed by atoms with Crippen LogP contribution in [-0.4, -0.2) is 58.7 Å². The van der Waals surface area contributed by atoms with Crippen molar-refractivity contribution in [3.05, 3.63) is 58.7 Å². The smallest absolute Gasteiger partial charge is 0.178 e. The second-order valence-corrected chi connectivity index (χ2v) is 13.0. The fourth-order valence-corrected chi connectivity index (χ4v) is 9.88. The Balaban J connectivity index is 1.37. The summed E-state index contributed by atoms with van der Waals surface area (Å²) in [6, 6.07) is 7.73. The summed E-state index contributed by atoms with van der Waals surface area (Å²) in [5.74, 6) is -0.610. The second-order valence-electron chi connectivity index (χ2n) is 12.6. The van der Waals surface area contributed by atoms with Crippen LogP contribution in [0.25, 0.3) is 0 Å². The molecule has 9 unspecified atom stereocenters. The van der Waals surface area contributed by atoms with Gasteiger partial charge in [0.15, 0.2) is 11.6 Å². The molecule has 198 valence electrons. The van der Waals surface area contributed by atoms with E-state index >= 15 is 4.39 Å². The molecule has 37 heavy (non-hydrogen) atoms. The van der Waals surface area contributed by atoms with Crippen LogP contribution in [0.4, 0.5) is 4.39 Å². The Hall–Kier alpha value is -1.86. The van der Waals surface area contributed by atoms with E-state index in [2.05, 4.69) is 11.8 Å². The highest BCUT2D eigenvalue weighted by atomic mass is 35.5. The molecular weight excluding hydrogens is 493 g/mol. The van der Waals surface area contributed by atoms with E-state index in [-0.39, 0.29) is 41.7 Å². The zero-order valence-electron chi connectivity index (χ0n) is 21.4. The monoisotopic (exact) mass is 527 g/mol. The van der Waals surface area contributed by atoms with Crippen LogP contribution in [0.1, 0.15) is 38.7 Å². The minimum absolute atomic E-state index is 0.0265. The predicted octanol–water partition coefficient (Wildman–Crippen LogP) is 4.16. The molecule has 6 rings (SSSR count). The Bertz CT molecular complexity index is 1220. The Morgan fingerprint density at radius 2 is 2.05 bits per heavy atom. The standard InChI is InChI=1S/C30H35ClFNO4/c1-28-7-6-20(35)10-23(28)24(32)11-21-22-9-18-14-33(13-17-4-3-5-19(31)8-17)16-30(18,26(37)15-34)29(22,2)12-25(36)27(21)28/h3-8,10,18,21-22,24-25,27,34,36H,9,11-16H2,1-2H3. The summed E-state index contributed by atoms with van der Waals surface area (Å²) in [5, 5.41) is 22.6. The van der Waals surface area contributed by atoms with E-state index in [9.17, 15) is 19.8 Å². The van der Waals surface area contributed by atoms with Crippen LogP contribution < -0.4 is 0 Å². The largest absolute Gasteiger partial charge is 0.393 e. The Morgan fingerprint density at radius 1 is 1.27 bits per heavy atom. The maximum atomic E-state index is 15.7. The third-order valence-corrected chi connectivity index (χ3v) is 11.2. The number of Topliss-reactive ketones (excluding diaryl/α,β-unsaturated/α-hetero) is 1. The molecule has 1 saturated heterocycles. The van der Waals surface area contributed by atoms with Gasteiger partial charge in [-0.25, -0.2) is 4.39 Å². The van der Waals surface area contributed by atoms with Crippen LogP contribution in [0, 0.1) is 39.9 Å². The SMILES string of the molecule is CC12C=CC(=O)C=C1C(F)CC1C2C(O)CC2(C)C1CC1CN(Cc3cccc(Cl)c3)CC12C(=O)CO. The normalized spacial score (nSPS) is 44.6. The van der Waals surface area contributed by atoms with Crippen LogP contribution in [0.3, 0.4) is 0 Å². The number of fused-ring (bicyclic) bond motifs is 7. The first-order valence-electron chi connectivity index (χ1n) is 13.4. The molecule has 4 aliphatic carbocycles. The highest BCUT2D eigenvalue weighted by molar-refractivity contribution is 6.30. The summed E-state index contributed by atoms with van der Waals surface area (Å²) in [5.41, 5.74) is -0.523. The number of aliphatic hydroxyl groups excluding tert-OH is 2. The number of allylic oxidation sites excluding steroid dienone is 4. The van der Waals surface area contributed by atoms with E-state index in [0.717, 1.165) is 12.0 Å². The van der Waals surface area contributed by atoms with Gasteiger partial charge in [0.1, 0.15) is 12.8 Å². The Kier molecular flexibility index (Phi) is 5.89. The molecule has 5 nitrogen and oxygen atoms in total. The summed E-state index contributed by atoms with van der Waals surface area (Å²) in [6.45, 7) is 5.41. The summed E-state index contributed by atoms with van der Waals surface area (Å²) < 4.78 is 15.7. The Labute approximate surface area is 222 Å². The highest BCUT2D eigenvalue weighted by Crippen LogP contribution is 2.72. The number of aliphatic hydroxyl groups is 2. The first-order valence-corrected chi connectivity index (χ1v) is 13.8. The van der Waals surface area contributed by atoms with Crippen molar-refractivity contribution in [1.82, 2.24) is 4.90 Å². The number of ketones is 2. The maximum Gasteiger partial charge on any atom is 0.178 e. The molecule has 1 aromatic rings. The molecule has 1 aliphatic heterocycles. The van der Waals surface area contributed by atoms with Gasteiger partial charge in [0.05, 0.1) is 11.5 Å². The molecular formula is C30H35ClFNO4. The van der Waals surface area contributed by atoms with Crippen molar-refractivity contribution in [2.24, 2.45) is 39.9 Å². The van der Waals surface area contributed by atoms with Gasteiger partial charge in [-0.2, -0.15) is 0 Å². The summed E-state index contributed by atoms with van der Waals surface area (Å²) >= 11 is 6.21. The van der Waals surface area contributed by atoms with Crippen molar-refractivity contribution in [2.45, 2.75) is 51.9 Å². The van der Waals surface area contributed by atoms with E-state index in [1.54, 1.807) is 6.08 Å². The highest BCUT2D eigenvalue weighted by Gasteiger charge is 2.73. The molecule has 1 aromatic carbocycles. The molecule has 9 atom stereocenters. The van der Waals surface area contributed by atoms with Gasteiger partial charge in [-0.05, 0) is 77.9 Å². The zero-order valence-corrected chi connectivity index (χ0v) is 22.1. The van der Waals surface area contributed by atoms with E-state index in [4.69, 9.17) is 11.6 Å². The third-order valence-electron chi connectivity index (χ3n) is 11.0. The fourth-order valence-electron chi connectivity index (χ4n) is 9.66. The minimum Gasteiger partial charge on any atom is -0.393 e. The average Bonchev–Trinajstić information content (AvgIpc) is 3.31. The molecule has 4 fully saturated rings. The van der Waals surface area contributed by atoms with Crippen LogP contribution in [0.15, 0.2) is 48.1 Å². The predicted molar refractivity (Wildman–Crippen MR) is 138 cm³/mol. The molecule has 0 spiro atoms. The van der Waals surface area contributed by atoms with Crippen molar-refractivity contribution < 1.29 is 24.2 Å². The van der Waals surface area contributed by atoms with Crippen LogP contribution >= 0.6 is 11.6 Å². The molecule has 2 N–H and O–H groups in total. The first kappa shape index (κ1) is 25.4. The number of hydrogen-bond acceptors (Lipinski definition) is 5. The van der Waals surface area contributed by atoms with Crippen molar-refractivity contribution in [3.63, 3.8) is 0 Å². The number of likely N-dealkylation sites (tertiary alicyclic amines) is 1. The summed E-state index contributed by atoms with van der Waals surface area (Å²) in [6.07, 6.45) is 4.19. The lowest BCUT2D eigenvalue weighted by Gasteiger charge is -2.61. The number of carbonyl (C=O) groups excluding carboxylic acids is 2. The lowest BCUT2D eigenvalue weighted by molar-refractivity contribution is -0.162. The molecule has 3 saturated carbocycles. The minimum atomic E-state index is -1.25. The number of nitrogens with zero attached hydrogens (tertiary/aromatic N) is 1. The number of halogens is 2. The molecule has 0 aromatic heterocycles. The molecule has 7 heteroatoms. The van der Waals surface area contributed by atoms with Gasteiger partial charge < -0.3 is 10.2 Å². The van der Waals surface area contributed by atoms with Crippen molar-refractivity contribution >= 4 is 23.2 Å². The van der Waals surface area contributed by atoms with E-state index in [0.29, 0.717) is 36.7 Å². The number of rotatable bonds is 4. The molecule has 0 radical (unpaired) electrons. The quantitative estimate of drug-likeness (QED) is 0.615. The van der Waals surface area contributed by atoms with E-state index in [1.165, 1.54) is 12.2 Å².